The van der Waals surface area contributed by atoms with E-state index in [1.807, 2.05) is 44.2 Å². The van der Waals surface area contributed by atoms with Crippen LogP contribution >= 0.6 is 0 Å². The molecule has 0 unspecified atom stereocenters. The van der Waals surface area contributed by atoms with Crippen LogP contribution in [0.1, 0.15) is 25.8 Å². The van der Waals surface area contributed by atoms with E-state index in [-0.39, 0.29) is 32.7 Å². The van der Waals surface area contributed by atoms with Gasteiger partial charge in [0.15, 0.2) is 0 Å². The second kappa shape index (κ2) is 13.2. The summed E-state index contributed by atoms with van der Waals surface area (Å²) >= 11 is 0. The Morgan fingerprint density at radius 3 is 2.32 bits per heavy atom. The van der Waals surface area contributed by atoms with Crippen molar-refractivity contribution in [2.24, 2.45) is 0 Å². The molecule has 1 aromatic carbocycles. The van der Waals surface area contributed by atoms with E-state index in [2.05, 4.69) is 14.8 Å². The van der Waals surface area contributed by atoms with E-state index in [1.54, 1.807) is 0 Å². The Hall–Kier alpha value is -2.17. The summed E-state index contributed by atoms with van der Waals surface area (Å²) in [4.78, 5) is 22.7. The third kappa shape index (κ3) is 13.9. The summed E-state index contributed by atoms with van der Waals surface area (Å²) in [5, 5.41) is 4.76. The van der Waals surface area contributed by atoms with Crippen molar-refractivity contribution in [2.75, 3.05) is 19.7 Å². The van der Waals surface area contributed by atoms with Gasteiger partial charge in [0.25, 0.3) is 0 Å². The van der Waals surface area contributed by atoms with Gasteiger partial charge in [-0.3, -0.25) is 9.35 Å². The molecule has 142 valence electrons. The number of carbonyl (C=O) groups is 2. The molecule has 0 aliphatic carbocycles. The molecule has 0 saturated carbocycles. The average molecular weight is 376 g/mol. The van der Waals surface area contributed by atoms with Gasteiger partial charge in [0.05, 0.1) is 6.61 Å². The van der Waals surface area contributed by atoms with Crippen molar-refractivity contribution in [1.29, 1.82) is 0 Å². The second-order valence-corrected chi connectivity index (χ2v) is 5.43. The standard InChI is InChI=1S/C13H18N2O7S.C2H6/c16-12(14-8-9-22-23(18,19)20)6-7-15-13(17)21-10-11-4-2-1-3-5-11;1-2/h1-5H,6-10H2,(H,14,16)(H,15,17)(H,18,19,20);1-2H3. The van der Waals surface area contributed by atoms with Crippen molar-refractivity contribution < 1.29 is 31.5 Å². The number of rotatable bonds is 9. The minimum absolute atomic E-state index is 0.00763. The van der Waals surface area contributed by atoms with Gasteiger partial charge in [0.1, 0.15) is 6.61 Å². The van der Waals surface area contributed by atoms with Crippen molar-refractivity contribution in [3.8, 4) is 0 Å². The number of ether oxygens (including phenoxy) is 1. The fourth-order valence-corrected chi connectivity index (χ4v) is 1.77. The SMILES string of the molecule is CC.O=C(CCNC(=O)OCc1ccccc1)NCCOS(=O)(=O)O. The summed E-state index contributed by atoms with van der Waals surface area (Å²) < 4.78 is 37.8. The van der Waals surface area contributed by atoms with Gasteiger partial charge in [-0.2, -0.15) is 8.42 Å². The molecule has 0 bridgehead atoms. The Morgan fingerprint density at radius 1 is 1.08 bits per heavy atom. The highest BCUT2D eigenvalue weighted by atomic mass is 32.3. The molecule has 0 radical (unpaired) electrons. The van der Waals surface area contributed by atoms with Crippen LogP contribution in [0.4, 0.5) is 4.79 Å². The first-order chi connectivity index (χ1) is 11.9. The first kappa shape index (κ1) is 22.8. The number of hydrogen-bond acceptors (Lipinski definition) is 6. The maximum Gasteiger partial charge on any atom is 0.407 e. The molecule has 0 aromatic heterocycles. The van der Waals surface area contributed by atoms with Crippen LogP contribution in [0.2, 0.25) is 0 Å². The quantitative estimate of drug-likeness (QED) is 0.437. The third-order valence-electron chi connectivity index (χ3n) is 2.49. The molecule has 0 spiro atoms. The maximum absolute atomic E-state index is 11.4. The molecular weight excluding hydrogens is 352 g/mol. The van der Waals surface area contributed by atoms with Gasteiger partial charge in [-0.25, -0.2) is 8.98 Å². The van der Waals surface area contributed by atoms with Crippen LogP contribution < -0.4 is 10.6 Å². The van der Waals surface area contributed by atoms with E-state index in [1.165, 1.54) is 0 Å². The van der Waals surface area contributed by atoms with Crippen LogP contribution in [0.15, 0.2) is 30.3 Å². The molecule has 0 fully saturated rings. The molecule has 2 amide bonds. The lowest BCUT2D eigenvalue weighted by Gasteiger charge is -2.07. The summed E-state index contributed by atoms with van der Waals surface area (Å²) in [6, 6.07) is 9.13. The Labute approximate surface area is 147 Å². The van der Waals surface area contributed by atoms with Gasteiger partial charge >= 0.3 is 16.5 Å². The number of hydrogen-bond donors (Lipinski definition) is 3. The molecule has 0 aliphatic heterocycles. The van der Waals surface area contributed by atoms with E-state index in [9.17, 15) is 18.0 Å². The van der Waals surface area contributed by atoms with Crippen LogP contribution in [0, 0.1) is 0 Å². The normalized spacial score (nSPS) is 10.2. The highest BCUT2D eigenvalue weighted by Gasteiger charge is 2.07. The van der Waals surface area contributed by atoms with Gasteiger partial charge in [0.2, 0.25) is 5.91 Å². The zero-order chi connectivity index (χ0) is 19.1. The lowest BCUT2D eigenvalue weighted by atomic mass is 10.2. The molecule has 9 nitrogen and oxygen atoms in total. The molecular formula is C15H24N2O7S. The van der Waals surface area contributed by atoms with E-state index < -0.39 is 22.4 Å². The Bertz CT molecular complexity index is 606. The molecule has 0 heterocycles. The van der Waals surface area contributed by atoms with Crippen LogP contribution in [-0.4, -0.2) is 44.7 Å². The number of amides is 2. The van der Waals surface area contributed by atoms with Crippen LogP contribution in [0.25, 0.3) is 0 Å². The molecule has 0 saturated heterocycles. The molecule has 25 heavy (non-hydrogen) atoms. The summed E-state index contributed by atoms with van der Waals surface area (Å²) in [7, 11) is -4.50. The number of carbonyl (C=O) groups excluding carboxylic acids is 2. The smallest absolute Gasteiger partial charge is 0.407 e. The summed E-state index contributed by atoms with van der Waals surface area (Å²) in [6.07, 6.45) is -0.650. The van der Waals surface area contributed by atoms with Gasteiger partial charge in [-0.1, -0.05) is 44.2 Å². The average Bonchev–Trinajstić information content (AvgIpc) is 2.59. The van der Waals surface area contributed by atoms with Crippen LogP contribution in [0.3, 0.4) is 0 Å². The summed E-state index contributed by atoms with van der Waals surface area (Å²) in [6.45, 7) is 3.73. The topological polar surface area (TPSA) is 131 Å². The molecule has 1 aromatic rings. The van der Waals surface area contributed by atoms with Gasteiger partial charge in [-0.15, -0.1) is 0 Å². The molecule has 0 atom stereocenters. The molecule has 1 rings (SSSR count). The number of alkyl carbamates (subject to hydrolysis) is 1. The van der Waals surface area contributed by atoms with Crippen molar-refractivity contribution >= 4 is 22.4 Å². The number of nitrogens with one attached hydrogen (secondary N) is 2. The van der Waals surface area contributed by atoms with E-state index in [0.717, 1.165) is 5.56 Å². The van der Waals surface area contributed by atoms with Gasteiger partial charge in [-0.05, 0) is 5.56 Å². The summed E-state index contributed by atoms with van der Waals surface area (Å²) in [5.74, 6) is -0.410. The molecule has 3 N–H and O–H groups in total. The third-order valence-corrected chi connectivity index (χ3v) is 2.96. The monoisotopic (exact) mass is 376 g/mol. The largest absolute Gasteiger partial charge is 0.445 e. The van der Waals surface area contributed by atoms with E-state index in [4.69, 9.17) is 9.29 Å². The van der Waals surface area contributed by atoms with Gasteiger partial charge < -0.3 is 15.4 Å². The maximum atomic E-state index is 11.4. The zero-order valence-corrected chi connectivity index (χ0v) is 15.0. The van der Waals surface area contributed by atoms with Crippen molar-refractivity contribution in [1.82, 2.24) is 10.6 Å². The van der Waals surface area contributed by atoms with Crippen molar-refractivity contribution in [3.63, 3.8) is 0 Å². The molecule has 0 aliphatic rings. The van der Waals surface area contributed by atoms with Crippen molar-refractivity contribution in [3.05, 3.63) is 35.9 Å². The predicted octanol–water partition coefficient (Wildman–Crippen LogP) is 1.26. The number of benzene rings is 1. The highest BCUT2D eigenvalue weighted by Crippen LogP contribution is 2.00. The minimum Gasteiger partial charge on any atom is -0.445 e. The first-order valence-electron chi connectivity index (χ1n) is 7.70. The highest BCUT2D eigenvalue weighted by molar-refractivity contribution is 7.80. The lowest BCUT2D eigenvalue weighted by Crippen LogP contribution is -2.32. The fraction of sp³-hybridized carbons (Fsp3) is 0.467. The molecule has 10 heteroatoms. The van der Waals surface area contributed by atoms with Crippen molar-refractivity contribution in [2.45, 2.75) is 26.9 Å². The zero-order valence-electron chi connectivity index (χ0n) is 14.2. The Balaban J connectivity index is 0.00000277. The predicted molar refractivity (Wildman–Crippen MR) is 91.1 cm³/mol. The van der Waals surface area contributed by atoms with E-state index in [0.29, 0.717) is 0 Å². The van der Waals surface area contributed by atoms with E-state index >= 15 is 0 Å². The van der Waals surface area contributed by atoms with Crippen LogP contribution in [0.5, 0.6) is 0 Å². The first-order valence-corrected chi connectivity index (χ1v) is 9.06. The van der Waals surface area contributed by atoms with Gasteiger partial charge in [0, 0.05) is 19.5 Å². The Kier molecular flexibility index (Phi) is 12.0. The lowest BCUT2D eigenvalue weighted by molar-refractivity contribution is -0.121. The Morgan fingerprint density at radius 2 is 1.72 bits per heavy atom. The minimum atomic E-state index is -4.50. The fourth-order valence-electron chi connectivity index (χ4n) is 1.48. The second-order valence-electron chi connectivity index (χ2n) is 4.34. The van der Waals surface area contributed by atoms with Crippen LogP contribution in [-0.2, 0) is 30.7 Å². The summed E-state index contributed by atoms with van der Waals surface area (Å²) in [5.41, 5.74) is 0.847.